The molecular formula is C11H21NO2. The van der Waals surface area contributed by atoms with Crippen molar-refractivity contribution in [3.63, 3.8) is 0 Å². The number of aliphatic hydroxyl groups excluding tert-OH is 1. The summed E-state index contributed by atoms with van der Waals surface area (Å²) in [6, 6.07) is 0. The lowest BCUT2D eigenvalue weighted by molar-refractivity contribution is -0.130. The number of carbonyl (C=O) groups is 1. The number of amides is 1. The van der Waals surface area contributed by atoms with E-state index in [2.05, 4.69) is 6.92 Å². The van der Waals surface area contributed by atoms with Gasteiger partial charge in [0.2, 0.25) is 5.91 Å². The summed E-state index contributed by atoms with van der Waals surface area (Å²) >= 11 is 0. The third-order valence-electron chi connectivity index (χ3n) is 2.91. The number of likely N-dealkylation sites (tertiary alicyclic amines) is 1. The van der Waals surface area contributed by atoms with Crippen molar-refractivity contribution in [1.82, 2.24) is 4.90 Å². The van der Waals surface area contributed by atoms with Crippen molar-refractivity contribution in [3.05, 3.63) is 0 Å². The van der Waals surface area contributed by atoms with Crippen LogP contribution in [0, 0.1) is 5.92 Å². The fourth-order valence-electron chi connectivity index (χ4n) is 1.75. The van der Waals surface area contributed by atoms with Gasteiger partial charge >= 0.3 is 0 Å². The molecule has 1 rings (SSSR count). The van der Waals surface area contributed by atoms with Crippen LogP contribution in [0.25, 0.3) is 0 Å². The Morgan fingerprint density at radius 3 is 2.93 bits per heavy atom. The van der Waals surface area contributed by atoms with E-state index in [1.165, 1.54) is 0 Å². The normalized spacial score (nSPS) is 26.1. The zero-order valence-corrected chi connectivity index (χ0v) is 9.20. The van der Waals surface area contributed by atoms with Gasteiger partial charge in [0.25, 0.3) is 0 Å². The minimum atomic E-state index is -0.302. The fourth-order valence-corrected chi connectivity index (χ4v) is 1.75. The molecule has 0 aromatic rings. The predicted molar refractivity (Wildman–Crippen MR) is 55.9 cm³/mol. The highest BCUT2D eigenvalue weighted by Gasteiger charge is 2.19. The van der Waals surface area contributed by atoms with Gasteiger partial charge in [0, 0.05) is 19.5 Å². The molecule has 3 heteroatoms. The quantitative estimate of drug-likeness (QED) is 0.746. The molecule has 1 heterocycles. The molecule has 1 aliphatic rings. The first kappa shape index (κ1) is 11.5. The predicted octanol–water partition coefficient (Wildman–Crippen LogP) is 1.41. The zero-order valence-electron chi connectivity index (χ0n) is 9.20. The molecule has 1 saturated heterocycles. The molecule has 3 nitrogen and oxygen atoms in total. The van der Waals surface area contributed by atoms with Gasteiger partial charge in [-0.1, -0.05) is 6.92 Å². The van der Waals surface area contributed by atoms with Gasteiger partial charge in [-0.2, -0.15) is 0 Å². The summed E-state index contributed by atoms with van der Waals surface area (Å²) in [7, 11) is 0. The Bertz CT molecular complexity index is 192. The summed E-state index contributed by atoms with van der Waals surface area (Å²) in [5.74, 6) is 0.922. The Hall–Kier alpha value is -0.570. The summed E-state index contributed by atoms with van der Waals surface area (Å²) in [6.45, 7) is 5.55. The Labute approximate surface area is 86.1 Å². The van der Waals surface area contributed by atoms with Crippen molar-refractivity contribution in [1.29, 1.82) is 0 Å². The van der Waals surface area contributed by atoms with E-state index < -0.39 is 0 Å². The standard InChI is InChI=1S/C11H21NO2/c1-9-3-4-11(14)12(7-5-9)8-6-10(2)13/h9-10,13H,3-8H2,1-2H3. The van der Waals surface area contributed by atoms with Crippen LogP contribution < -0.4 is 0 Å². The molecule has 0 aromatic carbocycles. The lowest BCUT2D eigenvalue weighted by atomic mass is 10.0. The first-order valence-electron chi connectivity index (χ1n) is 5.55. The van der Waals surface area contributed by atoms with E-state index in [1.807, 2.05) is 4.90 Å². The first-order chi connectivity index (χ1) is 6.59. The summed E-state index contributed by atoms with van der Waals surface area (Å²) in [4.78, 5) is 13.5. The van der Waals surface area contributed by atoms with Gasteiger partial charge < -0.3 is 10.0 Å². The third kappa shape index (κ3) is 3.66. The van der Waals surface area contributed by atoms with E-state index in [0.717, 1.165) is 19.4 Å². The second-order valence-corrected chi connectivity index (χ2v) is 4.45. The van der Waals surface area contributed by atoms with Crippen molar-refractivity contribution in [3.8, 4) is 0 Å². The Morgan fingerprint density at radius 1 is 1.57 bits per heavy atom. The molecule has 1 N–H and O–H groups in total. The van der Waals surface area contributed by atoms with Crippen LogP contribution in [0.2, 0.25) is 0 Å². The minimum absolute atomic E-state index is 0.259. The Kier molecular flexibility index (Phi) is 4.39. The summed E-state index contributed by atoms with van der Waals surface area (Å²) < 4.78 is 0. The van der Waals surface area contributed by atoms with Crippen LogP contribution in [0.3, 0.4) is 0 Å². The minimum Gasteiger partial charge on any atom is -0.393 e. The molecule has 0 bridgehead atoms. The van der Waals surface area contributed by atoms with Crippen molar-refractivity contribution in [2.75, 3.05) is 13.1 Å². The van der Waals surface area contributed by atoms with Crippen LogP contribution in [0.15, 0.2) is 0 Å². The topological polar surface area (TPSA) is 40.5 Å². The molecule has 1 fully saturated rings. The van der Waals surface area contributed by atoms with Gasteiger partial charge in [0.1, 0.15) is 0 Å². The second-order valence-electron chi connectivity index (χ2n) is 4.45. The van der Waals surface area contributed by atoms with E-state index in [-0.39, 0.29) is 12.0 Å². The highest BCUT2D eigenvalue weighted by atomic mass is 16.3. The van der Waals surface area contributed by atoms with Crippen LogP contribution in [0.1, 0.15) is 39.5 Å². The lowest BCUT2D eigenvalue weighted by Gasteiger charge is -2.21. The number of carbonyl (C=O) groups excluding carboxylic acids is 1. The largest absolute Gasteiger partial charge is 0.393 e. The molecule has 0 saturated carbocycles. The van der Waals surface area contributed by atoms with Crippen LogP contribution in [0.4, 0.5) is 0 Å². The van der Waals surface area contributed by atoms with Gasteiger partial charge in [-0.25, -0.2) is 0 Å². The van der Waals surface area contributed by atoms with Gasteiger partial charge in [-0.3, -0.25) is 4.79 Å². The van der Waals surface area contributed by atoms with Crippen LogP contribution >= 0.6 is 0 Å². The molecule has 2 unspecified atom stereocenters. The van der Waals surface area contributed by atoms with Gasteiger partial charge in [-0.15, -0.1) is 0 Å². The maximum atomic E-state index is 11.6. The third-order valence-corrected chi connectivity index (χ3v) is 2.91. The van der Waals surface area contributed by atoms with Gasteiger partial charge in [0.05, 0.1) is 6.10 Å². The molecule has 1 amide bonds. The molecule has 1 aliphatic heterocycles. The highest BCUT2D eigenvalue weighted by Crippen LogP contribution is 2.17. The molecule has 0 radical (unpaired) electrons. The van der Waals surface area contributed by atoms with Gasteiger partial charge in [0.15, 0.2) is 0 Å². The highest BCUT2D eigenvalue weighted by molar-refractivity contribution is 5.76. The summed E-state index contributed by atoms with van der Waals surface area (Å²) in [6.07, 6.45) is 3.19. The Balaban J connectivity index is 2.38. The average Bonchev–Trinajstić information content (AvgIpc) is 2.27. The molecule has 0 spiro atoms. The van der Waals surface area contributed by atoms with Crippen molar-refractivity contribution in [2.45, 2.75) is 45.6 Å². The van der Waals surface area contributed by atoms with Crippen LogP contribution in [-0.2, 0) is 4.79 Å². The fraction of sp³-hybridized carbons (Fsp3) is 0.909. The van der Waals surface area contributed by atoms with E-state index in [0.29, 0.717) is 25.3 Å². The average molecular weight is 199 g/mol. The second kappa shape index (κ2) is 5.35. The van der Waals surface area contributed by atoms with Crippen molar-refractivity contribution in [2.24, 2.45) is 5.92 Å². The molecule has 2 atom stereocenters. The van der Waals surface area contributed by atoms with Gasteiger partial charge in [-0.05, 0) is 32.1 Å². The molecule has 14 heavy (non-hydrogen) atoms. The number of rotatable bonds is 3. The lowest BCUT2D eigenvalue weighted by Crippen LogP contribution is -2.32. The van der Waals surface area contributed by atoms with E-state index in [4.69, 9.17) is 5.11 Å². The Morgan fingerprint density at radius 2 is 2.29 bits per heavy atom. The van der Waals surface area contributed by atoms with E-state index in [9.17, 15) is 4.79 Å². The summed E-state index contributed by atoms with van der Waals surface area (Å²) in [5.41, 5.74) is 0. The van der Waals surface area contributed by atoms with Crippen LogP contribution in [0.5, 0.6) is 0 Å². The number of hydrogen-bond acceptors (Lipinski definition) is 2. The van der Waals surface area contributed by atoms with E-state index >= 15 is 0 Å². The number of aliphatic hydroxyl groups is 1. The molecule has 0 aromatic heterocycles. The van der Waals surface area contributed by atoms with Crippen LogP contribution in [-0.4, -0.2) is 35.1 Å². The molecular weight excluding hydrogens is 178 g/mol. The maximum Gasteiger partial charge on any atom is 0.222 e. The smallest absolute Gasteiger partial charge is 0.222 e. The molecule has 0 aliphatic carbocycles. The molecule has 82 valence electrons. The summed E-state index contributed by atoms with van der Waals surface area (Å²) in [5, 5.41) is 9.15. The first-order valence-corrected chi connectivity index (χ1v) is 5.55. The van der Waals surface area contributed by atoms with Crippen molar-refractivity contribution >= 4 is 5.91 Å². The monoisotopic (exact) mass is 199 g/mol. The maximum absolute atomic E-state index is 11.6. The SMILES string of the molecule is CC(O)CCN1CCC(C)CCC1=O. The van der Waals surface area contributed by atoms with Crippen molar-refractivity contribution < 1.29 is 9.90 Å². The zero-order chi connectivity index (χ0) is 10.6. The van der Waals surface area contributed by atoms with E-state index in [1.54, 1.807) is 6.92 Å². The number of nitrogens with zero attached hydrogens (tertiary/aromatic N) is 1. The number of hydrogen-bond donors (Lipinski definition) is 1.